The largest absolute Gasteiger partial charge is 0.369 e. The molecule has 0 saturated heterocycles. The second-order valence-corrected chi connectivity index (χ2v) is 8.22. The van der Waals surface area contributed by atoms with Crippen LogP contribution in [0, 0.1) is 6.92 Å². The summed E-state index contributed by atoms with van der Waals surface area (Å²) in [6, 6.07) is 8.87. The van der Waals surface area contributed by atoms with Gasteiger partial charge in [-0.1, -0.05) is 42.1 Å². The lowest BCUT2D eigenvalue weighted by Gasteiger charge is -2.10. The fourth-order valence-corrected chi connectivity index (χ4v) is 4.40. The SMILES string of the molecule is Cc1nc(S[C@@H](C)C(=O)NC(=O)NCc2ccccc2)sc1CC(N)=O. The fraction of sp³-hybridized carbons (Fsp3) is 0.294. The summed E-state index contributed by atoms with van der Waals surface area (Å²) in [5.41, 5.74) is 6.87. The lowest BCUT2D eigenvalue weighted by Crippen LogP contribution is -2.42. The lowest BCUT2D eigenvalue weighted by molar-refractivity contribution is -0.119. The van der Waals surface area contributed by atoms with Gasteiger partial charge in [-0.15, -0.1) is 11.3 Å². The predicted octanol–water partition coefficient (Wildman–Crippen LogP) is 1.99. The van der Waals surface area contributed by atoms with Gasteiger partial charge in [0.05, 0.1) is 17.4 Å². The number of benzene rings is 1. The highest BCUT2D eigenvalue weighted by Crippen LogP contribution is 2.30. The topological polar surface area (TPSA) is 114 Å². The Morgan fingerprint density at radius 2 is 1.96 bits per heavy atom. The van der Waals surface area contributed by atoms with Crippen LogP contribution in [0.15, 0.2) is 34.7 Å². The molecule has 1 heterocycles. The standard InChI is InChI=1S/C17H20N4O3S2/c1-10-13(8-14(18)22)26-17(20-10)25-11(2)15(23)21-16(24)19-9-12-6-4-3-5-7-12/h3-7,11H,8-9H2,1-2H3,(H2,18,22)(H2,19,21,23,24)/t11-/m0/s1. The Morgan fingerprint density at radius 1 is 1.27 bits per heavy atom. The fourth-order valence-electron chi connectivity index (χ4n) is 2.01. The number of carbonyl (C=O) groups is 3. The second-order valence-electron chi connectivity index (χ2n) is 5.55. The molecular formula is C17H20N4O3S2. The van der Waals surface area contributed by atoms with E-state index in [4.69, 9.17) is 5.73 Å². The number of nitrogens with two attached hydrogens (primary N) is 1. The van der Waals surface area contributed by atoms with E-state index in [0.29, 0.717) is 10.9 Å². The number of nitrogens with one attached hydrogen (secondary N) is 2. The average molecular weight is 393 g/mol. The molecule has 0 unspecified atom stereocenters. The molecule has 1 aromatic heterocycles. The summed E-state index contributed by atoms with van der Waals surface area (Å²) in [7, 11) is 0. The Morgan fingerprint density at radius 3 is 2.62 bits per heavy atom. The average Bonchev–Trinajstić information content (AvgIpc) is 2.92. The van der Waals surface area contributed by atoms with E-state index in [1.807, 2.05) is 30.3 Å². The van der Waals surface area contributed by atoms with Crippen LogP contribution in [0.3, 0.4) is 0 Å². The minimum absolute atomic E-state index is 0.131. The van der Waals surface area contributed by atoms with Gasteiger partial charge in [-0.3, -0.25) is 14.9 Å². The molecule has 0 aliphatic heterocycles. The van der Waals surface area contributed by atoms with Crippen LogP contribution in [0.5, 0.6) is 0 Å². The van der Waals surface area contributed by atoms with Gasteiger partial charge in [0.25, 0.3) is 0 Å². The van der Waals surface area contributed by atoms with Crippen LogP contribution in [0.4, 0.5) is 4.79 Å². The normalized spacial score (nSPS) is 11.6. The lowest BCUT2D eigenvalue weighted by atomic mass is 10.2. The minimum atomic E-state index is -0.545. The first kappa shape index (κ1) is 19.9. The molecule has 7 nitrogen and oxygen atoms in total. The van der Waals surface area contributed by atoms with Crippen molar-refractivity contribution in [3.05, 3.63) is 46.5 Å². The number of aryl methyl sites for hydroxylation is 1. The van der Waals surface area contributed by atoms with Gasteiger partial charge >= 0.3 is 6.03 Å². The van der Waals surface area contributed by atoms with Gasteiger partial charge in [-0.2, -0.15) is 0 Å². The van der Waals surface area contributed by atoms with Crippen LogP contribution in [-0.2, 0) is 22.6 Å². The smallest absolute Gasteiger partial charge is 0.321 e. The van der Waals surface area contributed by atoms with E-state index in [-0.39, 0.29) is 6.42 Å². The number of rotatable bonds is 7. The van der Waals surface area contributed by atoms with E-state index in [0.717, 1.165) is 16.1 Å². The minimum Gasteiger partial charge on any atom is -0.369 e. The number of imide groups is 1. The number of hydrogen-bond acceptors (Lipinski definition) is 6. The van der Waals surface area contributed by atoms with Gasteiger partial charge in [0.15, 0.2) is 4.34 Å². The Bertz CT molecular complexity index is 793. The molecule has 1 atom stereocenters. The number of urea groups is 1. The molecule has 0 bridgehead atoms. The van der Waals surface area contributed by atoms with Crippen LogP contribution in [-0.4, -0.2) is 28.1 Å². The molecule has 1 aromatic carbocycles. The molecule has 138 valence electrons. The highest BCUT2D eigenvalue weighted by atomic mass is 32.2. The zero-order valence-electron chi connectivity index (χ0n) is 14.4. The van der Waals surface area contributed by atoms with Gasteiger partial charge in [0.1, 0.15) is 0 Å². The van der Waals surface area contributed by atoms with E-state index in [2.05, 4.69) is 15.6 Å². The number of hydrogen-bond donors (Lipinski definition) is 3. The summed E-state index contributed by atoms with van der Waals surface area (Å²) in [4.78, 5) is 40.1. The predicted molar refractivity (Wildman–Crippen MR) is 102 cm³/mol. The van der Waals surface area contributed by atoms with Crippen LogP contribution < -0.4 is 16.4 Å². The van der Waals surface area contributed by atoms with Crippen molar-refractivity contribution in [2.75, 3.05) is 0 Å². The molecule has 0 aliphatic carbocycles. The van der Waals surface area contributed by atoms with Crippen LogP contribution in [0.2, 0.25) is 0 Å². The number of nitrogens with zero attached hydrogens (tertiary/aromatic N) is 1. The van der Waals surface area contributed by atoms with Crippen molar-refractivity contribution in [1.82, 2.24) is 15.6 Å². The Hall–Kier alpha value is -2.39. The summed E-state index contributed by atoms with van der Waals surface area (Å²) >= 11 is 2.56. The monoisotopic (exact) mass is 392 g/mol. The zero-order valence-corrected chi connectivity index (χ0v) is 16.1. The molecule has 0 radical (unpaired) electrons. The number of carbonyl (C=O) groups excluding carboxylic acids is 3. The quantitative estimate of drug-likeness (QED) is 0.624. The van der Waals surface area contributed by atoms with Crippen LogP contribution in [0.1, 0.15) is 23.1 Å². The summed E-state index contributed by atoms with van der Waals surface area (Å²) in [6.07, 6.45) is 0.131. The summed E-state index contributed by atoms with van der Waals surface area (Å²) in [5, 5.41) is 4.45. The third-order valence-corrected chi connectivity index (χ3v) is 5.74. The van der Waals surface area contributed by atoms with E-state index in [1.165, 1.54) is 23.1 Å². The Labute approximate surface area is 159 Å². The van der Waals surface area contributed by atoms with Crippen molar-refractivity contribution in [2.24, 2.45) is 5.73 Å². The molecule has 0 aliphatic rings. The van der Waals surface area contributed by atoms with Crippen molar-refractivity contribution >= 4 is 40.9 Å². The molecule has 0 saturated carbocycles. The number of thioether (sulfide) groups is 1. The van der Waals surface area contributed by atoms with Crippen molar-refractivity contribution < 1.29 is 14.4 Å². The molecule has 9 heteroatoms. The highest BCUT2D eigenvalue weighted by molar-refractivity contribution is 8.02. The Kier molecular flexibility index (Phi) is 7.16. The molecule has 0 fully saturated rings. The van der Waals surface area contributed by atoms with Crippen molar-refractivity contribution in [2.45, 2.75) is 36.4 Å². The van der Waals surface area contributed by atoms with E-state index >= 15 is 0 Å². The summed E-state index contributed by atoms with van der Waals surface area (Å²) in [5.74, 6) is -0.834. The van der Waals surface area contributed by atoms with Gasteiger partial charge in [-0.25, -0.2) is 9.78 Å². The number of amides is 4. The zero-order chi connectivity index (χ0) is 19.1. The van der Waals surface area contributed by atoms with Gasteiger partial charge < -0.3 is 11.1 Å². The third kappa shape index (κ3) is 6.16. The van der Waals surface area contributed by atoms with E-state index < -0.39 is 23.1 Å². The van der Waals surface area contributed by atoms with Gasteiger partial charge in [0.2, 0.25) is 11.8 Å². The molecule has 4 amide bonds. The highest BCUT2D eigenvalue weighted by Gasteiger charge is 2.20. The van der Waals surface area contributed by atoms with E-state index in [1.54, 1.807) is 13.8 Å². The van der Waals surface area contributed by atoms with E-state index in [9.17, 15) is 14.4 Å². The number of thiazole rings is 1. The Balaban J connectivity index is 1.83. The maximum atomic E-state index is 12.1. The van der Waals surface area contributed by atoms with Crippen LogP contribution >= 0.6 is 23.1 Å². The van der Waals surface area contributed by atoms with Gasteiger partial charge in [0, 0.05) is 11.4 Å². The summed E-state index contributed by atoms with van der Waals surface area (Å²) < 4.78 is 0.658. The third-order valence-electron chi connectivity index (χ3n) is 3.39. The number of aromatic nitrogens is 1. The van der Waals surface area contributed by atoms with Crippen molar-refractivity contribution in [3.8, 4) is 0 Å². The van der Waals surface area contributed by atoms with Crippen molar-refractivity contribution in [3.63, 3.8) is 0 Å². The molecule has 0 spiro atoms. The molecule has 2 rings (SSSR count). The molecule has 4 N–H and O–H groups in total. The molecular weight excluding hydrogens is 372 g/mol. The molecule has 26 heavy (non-hydrogen) atoms. The van der Waals surface area contributed by atoms with Crippen LogP contribution in [0.25, 0.3) is 0 Å². The van der Waals surface area contributed by atoms with Gasteiger partial charge in [-0.05, 0) is 19.4 Å². The summed E-state index contributed by atoms with van der Waals surface area (Å²) in [6.45, 7) is 3.82. The van der Waals surface area contributed by atoms with Crippen molar-refractivity contribution in [1.29, 1.82) is 0 Å². The first-order valence-corrected chi connectivity index (χ1v) is 9.58. The molecule has 2 aromatic rings. The maximum absolute atomic E-state index is 12.1. The second kappa shape index (κ2) is 9.35. The first-order chi connectivity index (χ1) is 12.3. The number of primary amides is 1. The maximum Gasteiger partial charge on any atom is 0.321 e. The first-order valence-electron chi connectivity index (χ1n) is 7.89.